The first-order valence-electron chi connectivity index (χ1n) is 9.44. The van der Waals surface area contributed by atoms with Crippen LogP contribution in [0.2, 0.25) is 0 Å². The predicted molar refractivity (Wildman–Crippen MR) is 109 cm³/mol. The van der Waals surface area contributed by atoms with E-state index < -0.39 is 33.2 Å². The van der Waals surface area contributed by atoms with Crippen LogP contribution in [-0.2, 0) is 15.6 Å². The van der Waals surface area contributed by atoms with Crippen molar-refractivity contribution in [3.05, 3.63) is 59.2 Å². The van der Waals surface area contributed by atoms with Gasteiger partial charge in [-0.1, -0.05) is 6.07 Å². The third kappa shape index (κ3) is 4.94. The number of hydrogen-bond donors (Lipinski definition) is 3. The monoisotopic (exact) mass is 455 g/mol. The van der Waals surface area contributed by atoms with Gasteiger partial charge in [-0.05, 0) is 42.7 Å². The second kappa shape index (κ2) is 8.77. The number of phenols is 1. The highest BCUT2D eigenvalue weighted by atomic mass is 32.2. The molecule has 1 aliphatic heterocycles. The van der Waals surface area contributed by atoms with E-state index in [4.69, 9.17) is 9.88 Å². The number of nitrogens with zero attached hydrogens (tertiary/aromatic N) is 1. The Labute approximate surface area is 178 Å². The van der Waals surface area contributed by atoms with E-state index in [1.165, 1.54) is 37.4 Å². The quantitative estimate of drug-likeness (QED) is 0.611. The number of halogens is 2. The van der Waals surface area contributed by atoms with Crippen LogP contribution in [0.25, 0.3) is 0 Å². The van der Waals surface area contributed by atoms with E-state index in [0.717, 1.165) is 10.4 Å². The van der Waals surface area contributed by atoms with Gasteiger partial charge in [-0.2, -0.15) is 12.7 Å². The largest absolute Gasteiger partial charge is 0.507 e. The number of hydrogen-bond acceptors (Lipinski definition) is 5. The second-order valence-corrected chi connectivity index (χ2v) is 8.97. The summed E-state index contributed by atoms with van der Waals surface area (Å²) in [7, 11) is -2.56. The van der Waals surface area contributed by atoms with E-state index in [1.54, 1.807) is 0 Å². The molecule has 1 aliphatic rings. The lowest BCUT2D eigenvalue weighted by Gasteiger charge is -2.41. The maximum absolute atomic E-state index is 13.9. The zero-order chi connectivity index (χ0) is 22.8. The van der Waals surface area contributed by atoms with Gasteiger partial charge >= 0.3 is 0 Å². The van der Waals surface area contributed by atoms with Gasteiger partial charge in [0.1, 0.15) is 28.7 Å². The first-order chi connectivity index (χ1) is 14.6. The van der Waals surface area contributed by atoms with Gasteiger partial charge in [-0.25, -0.2) is 13.9 Å². The topological polar surface area (TPSA) is 122 Å². The number of nitrogens with two attached hydrogens (primary N) is 1. The van der Waals surface area contributed by atoms with Gasteiger partial charge < -0.3 is 15.2 Å². The van der Waals surface area contributed by atoms with E-state index in [0.29, 0.717) is 5.56 Å². The number of phenolic OH excluding ortho intramolecular Hbond substituents is 1. The minimum absolute atomic E-state index is 0.0206. The van der Waals surface area contributed by atoms with Gasteiger partial charge in [0.2, 0.25) is 0 Å². The maximum Gasteiger partial charge on any atom is 0.276 e. The van der Waals surface area contributed by atoms with E-state index in [1.807, 2.05) is 0 Å². The molecule has 0 spiro atoms. The van der Waals surface area contributed by atoms with Crippen molar-refractivity contribution in [2.45, 2.75) is 18.3 Å². The predicted octanol–water partition coefficient (Wildman–Crippen LogP) is 1.65. The first kappa shape index (κ1) is 22.9. The molecule has 1 fully saturated rings. The van der Waals surface area contributed by atoms with Crippen molar-refractivity contribution in [2.75, 3.05) is 26.7 Å². The van der Waals surface area contributed by atoms with Gasteiger partial charge in [0, 0.05) is 31.1 Å². The Morgan fingerprint density at radius 1 is 1.23 bits per heavy atom. The van der Waals surface area contributed by atoms with Gasteiger partial charge in [-0.15, -0.1) is 0 Å². The molecule has 31 heavy (non-hydrogen) atoms. The number of methoxy groups -OCH3 is 1. The molecular weight excluding hydrogens is 432 g/mol. The summed E-state index contributed by atoms with van der Waals surface area (Å²) in [6.07, 6.45) is 0.342. The zero-order valence-corrected chi connectivity index (χ0v) is 17.6. The summed E-state index contributed by atoms with van der Waals surface area (Å²) in [5, 5.41) is 18.0. The molecule has 0 aliphatic carbocycles. The first-order valence-corrected chi connectivity index (χ1v) is 10.9. The molecule has 0 unspecified atom stereocenters. The number of amides is 1. The van der Waals surface area contributed by atoms with Gasteiger partial charge in [0.05, 0.1) is 7.11 Å². The van der Waals surface area contributed by atoms with Crippen molar-refractivity contribution in [3.8, 4) is 11.5 Å². The molecule has 1 amide bonds. The third-order valence-electron chi connectivity index (χ3n) is 5.55. The van der Waals surface area contributed by atoms with Crippen molar-refractivity contribution in [1.82, 2.24) is 9.62 Å². The molecule has 11 heteroatoms. The van der Waals surface area contributed by atoms with Crippen molar-refractivity contribution < 1.29 is 31.8 Å². The highest BCUT2D eigenvalue weighted by Gasteiger charge is 2.39. The Hall–Kier alpha value is -2.76. The Kier molecular flexibility index (Phi) is 6.48. The molecular formula is C20H23F2N3O5S. The van der Waals surface area contributed by atoms with Crippen LogP contribution in [0.3, 0.4) is 0 Å². The smallest absolute Gasteiger partial charge is 0.276 e. The van der Waals surface area contributed by atoms with E-state index >= 15 is 0 Å². The number of ether oxygens (including phenoxy) is 1. The number of benzene rings is 2. The van der Waals surface area contributed by atoms with Crippen LogP contribution in [0, 0.1) is 11.6 Å². The average molecular weight is 455 g/mol. The molecule has 0 bridgehead atoms. The van der Waals surface area contributed by atoms with Crippen LogP contribution in [-0.4, -0.2) is 50.5 Å². The molecule has 1 saturated heterocycles. The number of piperidine rings is 1. The van der Waals surface area contributed by atoms with Crippen LogP contribution < -0.4 is 15.2 Å². The summed E-state index contributed by atoms with van der Waals surface area (Å²) in [6, 6.07) is 7.44. The van der Waals surface area contributed by atoms with Crippen molar-refractivity contribution in [1.29, 1.82) is 0 Å². The maximum atomic E-state index is 13.9. The summed E-state index contributed by atoms with van der Waals surface area (Å²) < 4.78 is 57.4. The summed E-state index contributed by atoms with van der Waals surface area (Å²) in [5.74, 6) is -2.33. The van der Waals surface area contributed by atoms with Crippen LogP contribution in [0.5, 0.6) is 11.5 Å². The van der Waals surface area contributed by atoms with E-state index in [2.05, 4.69) is 5.32 Å². The zero-order valence-electron chi connectivity index (χ0n) is 16.8. The van der Waals surface area contributed by atoms with Crippen LogP contribution in [0.1, 0.15) is 28.8 Å². The minimum Gasteiger partial charge on any atom is -0.507 e. The Morgan fingerprint density at radius 3 is 2.39 bits per heavy atom. The normalized spacial score (nSPS) is 16.6. The number of carbonyl (C=O) groups excluding carboxylic acids is 1. The molecule has 1 heterocycles. The summed E-state index contributed by atoms with van der Waals surface area (Å²) in [5.41, 5.74) is -0.728. The highest BCUT2D eigenvalue weighted by molar-refractivity contribution is 7.86. The van der Waals surface area contributed by atoms with Crippen LogP contribution in [0.15, 0.2) is 36.4 Å². The second-order valence-electron chi connectivity index (χ2n) is 7.42. The number of nitrogens with one attached hydrogen (secondary N) is 1. The molecule has 0 atom stereocenters. The Balaban J connectivity index is 1.91. The summed E-state index contributed by atoms with van der Waals surface area (Å²) in [4.78, 5) is 12.8. The number of carbonyl (C=O) groups is 1. The lowest BCUT2D eigenvalue weighted by molar-refractivity contribution is 0.0927. The van der Waals surface area contributed by atoms with Crippen molar-refractivity contribution >= 4 is 16.1 Å². The lowest BCUT2D eigenvalue weighted by Crippen LogP contribution is -2.51. The fourth-order valence-corrected chi connectivity index (χ4v) is 4.54. The third-order valence-corrected chi connectivity index (χ3v) is 6.64. The Bertz CT molecular complexity index is 1070. The number of aromatic hydroxyl groups is 1. The molecule has 0 saturated carbocycles. The van der Waals surface area contributed by atoms with E-state index in [9.17, 15) is 27.1 Å². The summed E-state index contributed by atoms with van der Waals surface area (Å²) >= 11 is 0. The molecule has 3 rings (SSSR count). The summed E-state index contributed by atoms with van der Waals surface area (Å²) in [6.45, 7) is -0.00976. The molecule has 0 radical (unpaired) electrons. The SMILES string of the molecule is COc1cccc(O)c1C(=O)NCC1(c2cc(F)cc(F)c2)CCN(S(N)(=O)=O)CC1. The van der Waals surface area contributed by atoms with Gasteiger partial charge in [0.15, 0.2) is 0 Å². The molecule has 2 aromatic carbocycles. The average Bonchev–Trinajstić information content (AvgIpc) is 2.70. The molecule has 0 aromatic heterocycles. The van der Waals surface area contributed by atoms with Gasteiger partial charge in [-0.3, -0.25) is 4.79 Å². The molecule has 168 valence electrons. The molecule has 8 nitrogen and oxygen atoms in total. The standard InChI is InChI=1S/C20H23F2N3O5S/c1-30-17-4-2-3-16(26)18(17)19(27)24-12-20(13-9-14(21)11-15(22)10-13)5-7-25(8-6-20)31(23,28)29/h2-4,9-11,26H,5-8,12H2,1H3,(H,24,27)(H2,23,28,29). The van der Waals surface area contributed by atoms with Crippen molar-refractivity contribution in [3.63, 3.8) is 0 Å². The van der Waals surface area contributed by atoms with E-state index in [-0.39, 0.29) is 49.5 Å². The Morgan fingerprint density at radius 2 is 1.84 bits per heavy atom. The fourth-order valence-electron chi connectivity index (χ4n) is 3.85. The number of rotatable bonds is 6. The van der Waals surface area contributed by atoms with Crippen LogP contribution in [0.4, 0.5) is 8.78 Å². The minimum atomic E-state index is -3.92. The molecule has 2 aromatic rings. The lowest BCUT2D eigenvalue weighted by atomic mass is 9.73. The van der Waals surface area contributed by atoms with Crippen LogP contribution >= 0.6 is 0 Å². The molecule has 4 N–H and O–H groups in total. The van der Waals surface area contributed by atoms with Gasteiger partial charge in [0.25, 0.3) is 16.1 Å². The highest BCUT2D eigenvalue weighted by Crippen LogP contribution is 2.37. The van der Waals surface area contributed by atoms with Crippen molar-refractivity contribution in [2.24, 2.45) is 5.14 Å². The fraction of sp³-hybridized carbons (Fsp3) is 0.350.